The third-order valence-electron chi connectivity index (χ3n) is 5.51. The van der Waals surface area contributed by atoms with Gasteiger partial charge in [0.05, 0.1) is 0 Å². The average molecular weight is 421 g/mol. The van der Waals surface area contributed by atoms with Crippen LogP contribution in [-0.2, 0) is 0 Å². The third kappa shape index (κ3) is 4.10. The normalized spacial score (nSPS) is 12.3. The molecule has 0 saturated carbocycles. The maximum Gasteiger partial charge on any atom is 0.0218 e. The van der Waals surface area contributed by atoms with Gasteiger partial charge in [-0.3, -0.25) is 0 Å². The molecule has 0 aliphatic carbocycles. The fourth-order valence-electron chi connectivity index (χ4n) is 3.95. The van der Waals surface area contributed by atoms with Crippen molar-refractivity contribution in [1.29, 1.82) is 10.8 Å². The van der Waals surface area contributed by atoms with Gasteiger partial charge in [0.25, 0.3) is 0 Å². The lowest BCUT2D eigenvalue weighted by Crippen LogP contribution is -1.93. The summed E-state index contributed by atoms with van der Waals surface area (Å²) in [7, 11) is 0. The molecule has 4 aromatic carbocycles. The summed E-state index contributed by atoms with van der Waals surface area (Å²) in [5.41, 5.74) is 6.30. The number of rotatable bonds is 6. The van der Waals surface area contributed by atoms with E-state index in [1.54, 1.807) is 0 Å². The van der Waals surface area contributed by atoms with Crippen LogP contribution in [0.2, 0.25) is 0 Å². The summed E-state index contributed by atoms with van der Waals surface area (Å²) < 4.78 is 0. The fraction of sp³-hybridized carbons (Fsp3) is 0.0714. The Morgan fingerprint density at radius 1 is 0.710 bits per heavy atom. The van der Waals surface area contributed by atoms with Gasteiger partial charge in [0.1, 0.15) is 0 Å². The fourth-order valence-corrected chi connectivity index (χ4v) is 4.14. The topological polar surface area (TPSA) is 47.7 Å². The van der Waals surface area contributed by atoms with Crippen LogP contribution in [0.25, 0.3) is 44.8 Å². The van der Waals surface area contributed by atoms with Crippen LogP contribution in [0.5, 0.6) is 0 Å². The van der Waals surface area contributed by atoms with E-state index < -0.39 is 0 Å². The van der Waals surface area contributed by atoms with Gasteiger partial charge in [-0.15, -0.1) is 0 Å². The van der Waals surface area contributed by atoms with E-state index in [0.717, 1.165) is 49.4 Å². The first-order chi connectivity index (χ1) is 15.2. The molecule has 0 saturated heterocycles. The van der Waals surface area contributed by atoms with Crippen molar-refractivity contribution in [2.75, 3.05) is 5.75 Å². The van der Waals surface area contributed by atoms with Crippen LogP contribution in [-0.4, -0.2) is 18.2 Å². The second-order valence-electron chi connectivity index (χ2n) is 7.55. The lowest BCUT2D eigenvalue weighted by molar-refractivity contribution is 1.52. The number of hydrogen-bond donors (Lipinski definition) is 3. The predicted molar refractivity (Wildman–Crippen MR) is 140 cm³/mol. The van der Waals surface area contributed by atoms with E-state index in [1.807, 2.05) is 19.1 Å². The molecule has 0 amide bonds. The zero-order chi connectivity index (χ0) is 21.8. The van der Waals surface area contributed by atoms with Gasteiger partial charge < -0.3 is 10.8 Å². The molecule has 2 N–H and O–H groups in total. The Bertz CT molecular complexity index is 1350. The summed E-state index contributed by atoms with van der Waals surface area (Å²) in [5, 5.41) is 20.0. The van der Waals surface area contributed by atoms with Crippen molar-refractivity contribution < 1.29 is 0 Å². The van der Waals surface area contributed by atoms with Crippen molar-refractivity contribution in [2.45, 2.75) is 6.92 Å². The van der Waals surface area contributed by atoms with Crippen molar-refractivity contribution in [3.63, 3.8) is 0 Å². The first-order valence-corrected chi connectivity index (χ1v) is 10.8. The second kappa shape index (κ2) is 9.15. The van der Waals surface area contributed by atoms with E-state index in [0.29, 0.717) is 5.75 Å². The van der Waals surface area contributed by atoms with Gasteiger partial charge in [-0.25, -0.2) is 0 Å². The van der Waals surface area contributed by atoms with E-state index in [-0.39, 0.29) is 0 Å². The second-order valence-corrected chi connectivity index (χ2v) is 7.87. The quantitative estimate of drug-likeness (QED) is 0.163. The number of allylic oxidation sites excluding steroid dienone is 1. The average Bonchev–Trinajstić information content (AvgIpc) is 2.83. The zero-order valence-electron chi connectivity index (χ0n) is 17.4. The Morgan fingerprint density at radius 3 is 1.94 bits per heavy atom. The highest BCUT2D eigenvalue weighted by atomic mass is 32.1. The molecule has 2 nitrogen and oxygen atoms in total. The van der Waals surface area contributed by atoms with Crippen LogP contribution < -0.4 is 0 Å². The molecule has 0 fully saturated rings. The Balaban J connectivity index is 2.17. The minimum Gasteiger partial charge on any atom is -0.308 e. The molecule has 4 rings (SSSR count). The van der Waals surface area contributed by atoms with Gasteiger partial charge in [0, 0.05) is 18.2 Å². The molecule has 3 heteroatoms. The summed E-state index contributed by atoms with van der Waals surface area (Å²) >= 11 is 4.40. The highest BCUT2D eigenvalue weighted by molar-refractivity contribution is 7.80. The van der Waals surface area contributed by atoms with Crippen molar-refractivity contribution in [3.8, 4) is 11.1 Å². The number of hydrogen-bond acceptors (Lipinski definition) is 3. The lowest BCUT2D eigenvalue weighted by Gasteiger charge is -2.15. The van der Waals surface area contributed by atoms with Gasteiger partial charge in [-0.1, -0.05) is 66.7 Å². The lowest BCUT2D eigenvalue weighted by atomic mass is 9.88. The molecule has 0 unspecified atom stereocenters. The molecule has 0 aliphatic rings. The minimum atomic E-state index is 0.510. The molecule has 31 heavy (non-hydrogen) atoms. The van der Waals surface area contributed by atoms with Crippen molar-refractivity contribution >= 4 is 58.8 Å². The van der Waals surface area contributed by atoms with E-state index in [1.165, 1.54) is 18.0 Å². The summed E-state index contributed by atoms with van der Waals surface area (Å²) in [4.78, 5) is 0. The number of benzene rings is 4. The highest BCUT2D eigenvalue weighted by Crippen LogP contribution is 2.37. The molecule has 0 aliphatic heterocycles. The Labute approximate surface area is 188 Å². The standard InChI is InChI=1S/C28H24N2S/c1-19(16-29)13-26-23-9-5-6-10-24(23)27(14-20(17-30)18-31)25-12-11-22(15-28(25)26)21-7-3-2-4-8-21/h2-17,29-31H,18H2,1H3/b19-13-,20-14+,29-16?,30-17?. The van der Waals surface area contributed by atoms with Gasteiger partial charge >= 0.3 is 0 Å². The molecule has 0 atom stereocenters. The largest absolute Gasteiger partial charge is 0.308 e. The molecule has 0 heterocycles. The zero-order valence-corrected chi connectivity index (χ0v) is 18.3. The number of fused-ring (bicyclic) bond motifs is 2. The van der Waals surface area contributed by atoms with Crippen LogP contribution in [0.4, 0.5) is 0 Å². The Hall–Kier alpha value is -3.43. The first-order valence-electron chi connectivity index (χ1n) is 10.2. The maximum atomic E-state index is 7.75. The van der Waals surface area contributed by atoms with Crippen LogP contribution in [0, 0.1) is 10.8 Å². The number of nitrogens with one attached hydrogen (secondary N) is 2. The Morgan fingerprint density at radius 2 is 1.32 bits per heavy atom. The van der Waals surface area contributed by atoms with Gasteiger partial charge in [-0.05, 0) is 80.1 Å². The van der Waals surface area contributed by atoms with Gasteiger partial charge in [0.2, 0.25) is 0 Å². The monoisotopic (exact) mass is 420 g/mol. The van der Waals surface area contributed by atoms with Crippen LogP contribution in [0.1, 0.15) is 18.1 Å². The smallest absolute Gasteiger partial charge is 0.0218 e. The van der Waals surface area contributed by atoms with Crippen molar-refractivity contribution in [2.24, 2.45) is 0 Å². The van der Waals surface area contributed by atoms with E-state index in [2.05, 4.69) is 85.4 Å². The summed E-state index contributed by atoms with van der Waals surface area (Å²) in [5.74, 6) is 0.510. The molecular weight excluding hydrogens is 396 g/mol. The summed E-state index contributed by atoms with van der Waals surface area (Å²) in [6.45, 7) is 1.95. The number of thiol groups is 1. The maximum absolute atomic E-state index is 7.75. The SMILES string of the molecule is C/C(C=N)=C/c1c2ccccc2c(/C=C(\C=N)CS)c2ccc(-c3ccccc3)cc12. The van der Waals surface area contributed by atoms with Gasteiger partial charge in [-0.2, -0.15) is 12.6 Å². The van der Waals surface area contributed by atoms with E-state index in [9.17, 15) is 0 Å². The molecule has 0 spiro atoms. The molecule has 0 radical (unpaired) electrons. The van der Waals surface area contributed by atoms with Crippen LogP contribution in [0.3, 0.4) is 0 Å². The molecule has 0 bridgehead atoms. The summed E-state index contributed by atoms with van der Waals surface area (Å²) in [6.07, 6.45) is 6.93. The molecule has 0 aromatic heterocycles. The van der Waals surface area contributed by atoms with Crippen LogP contribution >= 0.6 is 12.6 Å². The Kier molecular flexibility index (Phi) is 6.15. The minimum absolute atomic E-state index is 0.510. The van der Waals surface area contributed by atoms with Crippen molar-refractivity contribution in [1.82, 2.24) is 0 Å². The molecule has 4 aromatic rings. The van der Waals surface area contributed by atoms with Crippen LogP contribution in [0.15, 0.2) is 83.9 Å². The summed E-state index contributed by atoms with van der Waals surface area (Å²) in [6, 6.07) is 25.3. The molecule has 152 valence electrons. The van der Waals surface area contributed by atoms with E-state index in [4.69, 9.17) is 10.8 Å². The first kappa shape index (κ1) is 20.8. The highest BCUT2D eigenvalue weighted by Gasteiger charge is 2.13. The van der Waals surface area contributed by atoms with Crippen molar-refractivity contribution in [3.05, 3.63) is 95.1 Å². The third-order valence-corrected chi connectivity index (χ3v) is 5.88. The van der Waals surface area contributed by atoms with E-state index >= 15 is 0 Å². The van der Waals surface area contributed by atoms with Gasteiger partial charge in [0.15, 0.2) is 0 Å². The predicted octanol–water partition coefficient (Wildman–Crippen LogP) is 7.68. The molecular formula is C28H24N2S.